The van der Waals surface area contributed by atoms with Gasteiger partial charge < -0.3 is 24.5 Å². The molecule has 10 heteroatoms. The fourth-order valence-electron chi connectivity index (χ4n) is 6.24. The predicted molar refractivity (Wildman–Crippen MR) is 159 cm³/mol. The van der Waals surface area contributed by atoms with E-state index in [0.29, 0.717) is 44.2 Å². The molecule has 42 heavy (non-hydrogen) atoms. The molecule has 2 aliphatic rings. The number of amides is 2. The second-order valence-electron chi connectivity index (χ2n) is 11.0. The molecule has 3 aromatic rings. The molecule has 0 aliphatic carbocycles. The van der Waals surface area contributed by atoms with Gasteiger partial charge in [-0.3, -0.25) is 4.79 Å². The fraction of sp³-hybridized carbons (Fsp3) is 0.406. The summed E-state index contributed by atoms with van der Waals surface area (Å²) in [5.74, 6) is -0.180. The molecule has 2 aromatic carbocycles. The summed E-state index contributed by atoms with van der Waals surface area (Å²) in [6.07, 6.45) is 1.08. The minimum Gasteiger partial charge on any atom is -0.410 e. The Balaban J connectivity index is 1.37. The van der Waals surface area contributed by atoms with Crippen molar-refractivity contribution in [3.63, 3.8) is 0 Å². The van der Waals surface area contributed by atoms with E-state index in [1.165, 1.54) is 24.3 Å². The third-order valence-electron chi connectivity index (χ3n) is 8.46. The highest BCUT2D eigenvalue weighted by molar-refractivity contribution is 6.30. The number of likely N-dealkylation sites (tertiary alicyclic amines) is 1. The van der Waals surface area contributed by atoms with Crippen molar-refractivity contribution >= 4 is 29.4 Å². The number of hydrogen-bond donors (Lipinski definition) is 1. The molecule has 3 heterocycles. The number of aliphatic hydroxyl groups excluding tert-OH is 1. The lowest BCUT2D eigenvalue weighted by atomic mass is 9.81. The van der Waals surface area contributed by atoms with E-state index in [2.05, 4.69) is 9.88 Å². The molecule has 2 aliphatic heterocycles. The standard InChI is InChI=1S/C32H36ClFN4O4/c1-3-38(32(41)42-25-13-11-24(34)12-14-25)29-20-37(19-28(29)22-7-9-23(33)10-8-22)31(40)26-15-17-36(18-27(26)21(2)39)30-6-4-5-16-35-30/h4-14,16,21,26-29,39H,3,15,17-20H2,1-2H3/t21?,26?,27?,28-,29+/m0/s1. The van der Waals surface area contributed by atoms with Crippen LogP contribution in [0, 0.1) is 17.7 Å². The summed E-state index contributed by atoms with van der Waals surface area (Å²) in [5, 5.41) is 11.3. The molecule has 2 amide bonds. The quantitative estimate of drug-likeness (QED) is 0.404. The highest BCUT2D eigenvalue weighted by Gasteiger charge is 2.45. The molecule has 0 spiro atoms. The number of halogens is 2. The molecule has 8 nitrogen and oxygen atoms in total. The lowest BCUT2D eigenvalue weighted by molar-refractivity contribution is -0.138. The summed E-state index contributed by atoms with van der Waals surface area (Å²) < 4.78 is 19.0. The molecule has 3 unspecified atom stereocenters. The van der Waals surface area contributed by atoms with E-state index < -0.39 is 18.0 Å². The molecule has 0 saturated carbocycles. The highest BCUT2D eigenvalue weighted by atomic mass is 35.5. The predicted octanol–water partition coefficient (Wildman–Crippen LogP) is 5.21. The lowest BCUT2D eigenvalue weighted by Gasteiger charge is -2.41. The van der Waals surface area contributed by atoms with Crippen LogP contribution in [0.5, 0.6) is 5.75 Å². The van der Waals surface area contributed by atoms with Gasteiger partial charge in [-0.15, -0.1) is 0 Å². The molecule has 1 aromatic heterocycles. The van der Waals surface area contributed by atoms with Crippen LogP contribution in [0.2, 0.25) is 5.02 Å². The Morgan fingerprint density at radius 1 is 1.10 bits per heavy atom. The van der Waals surface area contributed by atoms with Gasteiger partial charge in [-0.05, 0) is 74.4 Å². The van der Waals surface area contributed by atoms with E-state index in [4.69, 9.17) is 16.3 Å². The van der Waals surface area contributed by atoms with Crippen LogP contribution in [0.25, 0.3) is 0 Å². The minimum atomic E-state index is -0.686. The number of carbonyl (C=O) groups is 2. The van der Waals surface area contributed by atoms with E-state index >= 15 is 0 Å². The highest BCUT2D eigenvalue weighted by Crippen LogP contribution is 2.36. The molecule has 0 radical (unpaired) electrons. The lowest BCUT2D eigenvalue weighted by Crippen LogP contribution is -2.51. The molecule has 0 bridgehead atoms. The minimum absolute atomic E-state index is 0.0222. The second-order valence-corrected chi connectivity index (χ2v) is 11.4. The van der Waals surface area contributed by atoms with Crippen LogP contribution >= 0.6 is 11.6 Å². The van der Waals surface area contributed by atoms with Crippen LogP contribution in [0.4, 0.5) is 15.0 Å². The van der Waals surface area contributed by atoms with Gasteiger partial charge in [-0.2, -0.15) is 0 Å². The molecule has 5 atom stereocenters. The number of aliphatic hydroxyl groups is 1. The summed E-state index contributed by atoms with van der Waals surface area (Å²) in [4.78, 5) is 37.5. The van der Waals surface area contributed by atoms with Crippen molar-refractivity contribution in [2.45, 2.75) is 38.3 Å². The number of carbonyl (C=O) groups excluding carboxylic acids is 2. The van der Waals surface area contributed by atoms with E-state index in [9.17, 15) is 19.1 Å². The first kappa shape index (κ1) is 29.8. The fourth-order valence-corrected chi connectivity index (χ4v) is 6.37. The Bertz CT molecular complexity index is 1360. The van der Waals surface area contributed by atoms with Gasteiger partial charge in [0.25, 0.3) is 0 Å². The first-order chi connectivity index (χ1) is 20.2. The van der Waals surface area contributed by atoms with E-state index in [-0.39, 0.29) is 35.5 Å². The molecule has 2 saturated heterocycles. The average Bonchev–Trinajstić information content (AvgIpc) is 3.43. The smallest absolute Gasteiger partial charge is 0.410 e. The summed E-state index contributed by atoms with van der Waals surface area (Å²) in [6.45, 7) is 5.87. The van der Waals surface area contributed by atoms with Crippen LogP contribution < -0.4 is 9.64 Å². The Morgan fingerprint density at radius 3 is 2.48 bits per heavy atom. The van der Waals surface area contributed by atoms with Crippen LogP contribution in [0.15, 0.2) is 72.9 Å². The van der Waals surface area contributed by atoms with Crippen molar-refractivity contribution in [2.75, 3.05) is 37.6 Å². The largest absolute Gasteiger partial charge is 0.415 e. The van der Waals surface area contributed by atoms with E-state index in [1.54, 1.807) is 18.0 Å². The van der Waals surface area contributed by atoms with E-state index in [0.717, 1.165) is 11.4 Å². The topological polar surface area (TPSA) is 86.2 Å². The number of benzene rings is 2. The van der Waals surface area contributed by atoms with Crippen molar-refractivity contribution in [3.8, 4) is 5.75 Å². The molecular formula is C32H36ClFN4O4. The molecule has 5 rings (SSSR count). The maximum absolute atomic E-state index is 14.1. The first-order valence-electron chi connectivity index (χ1n) is 14.4. The average molecular weight is 595 g/mol. The van der Waals surface area contributed by atoms with Gasteiger partial charge in [0.2, 0.25) is 5.91 Å². The molecular weight excluding hydrogens is 559 g/mol. The first-order valence-corrected chi connectivity index (χ1v) is 14.7. The van der Waals surface area contributed by atoms with Crippen LogP contribution in [-0.4, -0.2) is 76.8 Å². The number of hydrogen-bond acceptors (Lipinski definition) is 6. The van der Waals surface area contributed by atoms with Crippen molar-refractivity contribution in [2.24, 2.45) is 11.8 Å². The van der Waals surface area contributed by atoms with Crippen molar-refractivity contribution in [1.82, 2.24) is 14.8 Å². The number of piperidine rings is 1. The van der Waals surface area contributed by atoms with Gasteiger partial charge in [0.1, 0.15) is 17.4 Å². The van der Waals surface area contributed by atoms with Crippen LogP contribution in [0.3, 0.4) is 0 Å². The van der Waals surface area contributed by atoms with Crippen LogP contribution in [-0.2, 0) is 4.79 Å². The third-order valence-corrected chi connectivity index (χ3v) is 8.71. The number of aromatic nitrogens is 1. The number of ether oxygens (including phenoxy) is 1. The Labute approximate surface area is 250 Å². The molecule has 222 valence electrons. The van der Waals surface area contributed by atoms with Crippen molar-refractivity contribution in [1.29, 1.82) is 0 Å². The summed E-state index contributed by atoms with van der Waals surface area (Å²) >= 11 is 6.17. The zero-order valence-electron chi connectivity index (χ0n) is 23.8. The SMILES string of the molecule is CCN(C(=O)Oc1ccc(F)cc1)[C@@H]1CN(C(=O)C2CCN(c3ccccn3)CC2C(C)O)C[C@H]1c1ccc(Cl)cc1. The monoisotopic (exact) mass is 594 g/mol. The van der Waals surface area contributed by atoms with Gasteiger partial charge >= 0.3 is 6.09 Å². The number of anilines is 1. The molecule has 2 fully saturated rings. The molecule has 1 N–H and O–H groups in total. The van der Waals surface area contributed by atoms with Gasteiger partial charge in [-0.25, -0.2) is 14.2 Å². The second kappa shape index (κ2) is 13.1. The summed E-state index contributed by atoms with van der Waals surface area (Å²) in [5.41, 5.74) is 0.963. The zero-order chi connectivity index (χ0) is 29.8. The summed E-state index contributed by atoms with van der Waals surface area (Å²) in [7, 11) is 0. The van der Waals surface area contributed by atoms with Gasteiger partial charge in [0.15, 0.2) is 0 Å². The van der Waals surface area contributed by atoms with Crippen molar-refractivity contribution < 1.29 is 23.8 Å². The number of likely N-dealkylation sites (N-methyl/N-ethyl adjacent to an activating group) is 1. The van der Waals surface area contributed by atoms with Crippen LogP contribution in [0.1, 0.15) is 31.7 Å². The zero-order valence-corrected chi connectivity index (χ0v) is 24.5. The van der Waals surface area contributed by atoms with Crippen molar-refractivity contribution in [3.05, 3.63) is 89.3 Å². The maximum atomic E-state index is 14.1. The number of pyridine rings is 1. The normalized spacial score (nSPS) is 23.0. The van der Waals surface area contributed by atoms with Gasteiger partial charge in [0, 0.05) is 61.7 Å². The number of nitrogens with zero attached hydrogens (tertiary/aromatic N) is 4. The van der Waals surface area contributed by atoms with E-state index in [1.807, 2.05) is 54.3 Å². The van der Waals surface area contributed by atoms with Gasteiger partial charge in [0.05, 0.1) is 12.1 Å². The Hall–Kier alpha value is -3.69. The Kier molecular flexibility index (Phi) is 9.28. The number of rotatable bonds is 7. The third kappa shape index (κ3) is 6.52. The Morgan fingerprint density at radius 2 is 1.83 bits per heavy atom. The summed E-state index contributed by atoms with van der Waals surface area (Å²) in [6, 6.07) is 18.1. The van der Waals surface area contributed by atoms with Gasteiger partial charge in [-0.1, -0.05) is 29.8 Å². The maximum Gasteiger partial charge on any atom is 0.415 e.